The van der Waals surface area contributed by atoms with E-state index in [1.807, 2.05) is 24.3 Å². The Kier molecular flexibility index (Phi) is 4.56. The highest BCUT2D eigenvalue weighted by Gasteiger charge is 2.32. The zero-order chi connectivity index (χ0) is 12.8. The molecule has 1 aromatic rings. The molecule has 0 atom stereocenters. The van der Waals surface area contributed by atoms with E-state index >= 15 is 0 Å². The fraction of sp³-hybridized carbons (Fsp3) is 0.500. The predicted molar refractivity (Wildman–Crippen MR) is 74.2 cm³/mol. The first-order valence-corrected chi connectivity index (χ1v) is 6.74. The van der Waals surface area contributed by atoms with Crippen LogP contribution in [0.3, 0.4) is 0 Å². The smallest absolute Gasteiger partial charge is 0.177 e. The van der Waals surface area contributed by atoms with E-state index in [1.165, 1.54) is 5.56 Å². The largest absolute Gasteiger partial charge is 0.348 e. The molecule has 0 bridgehead atoms. The molecule has 0 amide bonds. The Morgan fingerprint density at radius 3 is 2.28 bits per heavy atom. The first-order chi connectivity index (χ1) is 8.78. The lowest BCUT2D eigenvalue weighted by molar-refractivity contribution is -0.208. The van der Waals surface area contributed by atoms with Crippen LogP contribution in [0.15, 0.2) is 36.4 Å². The van der Waals surface area contributed by atoms with Crippen LogP contribution in [0, 0.1) is 5.41 Å². The van der Waals surface area contributed by atoms with Gasteiger partial charge < -0.3 is 9.47 Å². The van der Waals surface area contributed by atoms with E-state index in [9.17, 15) is 0 Å². The molecule has 0 aromatic heterocycles. The van der Waals surface area contributed by atoms with Gasteiger partial charge in [0, 0.05) is 5.41 Å². The van der Waals surface area contributed by atoms with Gasteiger partial charge in [0.15, 0.2) is 6.29 Å². The Bertz CT molecular complexity index is 369. The van der Waals surface area contributed by atoms with Gasteiger partial charge in [-0.2, -0.15) is 0 Å². The summed E-state index contributed by atoms with van der Waals surface area (Å²) in [6, 6.07) is 10.2. The number of benzene rings is 1. The normalized spacial score (nSPS) is 20.3. The Labute approximate surface area is 110 Å². The van der Waals surface area contributed by atoms with Crippen LogP contribution in [0.1, 0.15) is 32.3 Å². The molecule has 1 fully saturated rings. The van der Waals surface area contributed by atoms with E-state index in [0.29, 0.717) is 0 Å². The molecule has 0 N–H and O–H groups in total. The fourth-order valence-corrected chi connectivity index (χ4v) is 2.13. The first kappa shape index (κ1) is 13.3. The van der Waals surface area contributed by atoms with Gasteiger partial charge >= 0.3 is 0 Å². The zero-order valence-corrected chi connectivity index (χ0v) is 11.3. The summed E-state index contributed by atoms with van der Waals surface area (Å²) in [6.45, 7) is 6.00. The molecular weight excluding hydrogens is 224 g/mol. The molecule has 1 aliphatic heterocycles. The minimum absolute atomic E-state index is 0.198. The molecule has 1 heterocycles. The van der Waals surface area contributed by atoms with Crippen molar-refractivity contribution >= 4 is 6.08 Å². The Balaban J connectivity index is 1.89. The van der Waals surface area contributed by atoms with Gasteiger partial charge in [0.25, 0.3) is 0 Å². The van der Waals surface area contributed by atoms with E-state index in [0.717, 1.165) is 26.1 Å². The van der Waals surface area contributed by atoms with Crippen molar-refractivity contribution in [3.8, 4) is 0 Å². The molecule has 0 saturated carbocycles. The topological polar surface area (TPSA) is 18.5 Å². The van der Waals surface area contributed by atoms with Gasteiger partial charge in [0.2, 0.25) is 0 Å². The summed E-state index contributed by atoms with van der Waals surface area (Å²) in [4.78, 5) is 0. The first-order valence-electron chi connectivity index (χ1n) is 6.74. The third-order valence-corrected chi connectivity index (χ3v) is 3.85. The molecule has 18 heavy (non-hydrogen) atoms. The van der Waals surface area contributed by atoms with Crippen LogP contribution in [0.5, 0.6) is 0 Å². The predicted octanol–water partition coefficient (Wildman–Crippen LogP) is 3.88. The summed E-state index contributed by atoms with van der Waals surface area (Å²) in [6.07, 6.45) is 6.06. The van der Waals surface area contributed by atoms with Gasteiger partial charge in [0.1, 0.15) is 0 Å². The van der Waals surface area contributed by atoms with Crippen molar-refractivity contribution in [3.63, 3.8) is 0 Å². The number of rotatable bonds is 4. The third-order valence-electron chi connectivity index (χ3n) is 3.85. The van der Waals surface area contributed by atoms with Crippen LogP contribution in [0.25, 0.3) is 6.08 Å². The van der Waals surface area contributed by atoms with Crippen molar-refractivity contribution in [2.45, 2.75) is 33.0 Å². The second-order valence-corrected chi connectivity index (χ2v) is 4.97. The fourth-order valence-electron chi connectivity index (χ4n) is 2.13. The molecule has 0 spiro atoms. The highest BCUT2D eigenvalue weighted by Crippen LogP contribution is 2.31. The van der Waals surface area contributed by atoms with E-state index in [4.69, 9.17) is 9.47 Å². The SMILES string of the molecule is CCC1(CC)COC(/C=C/c2ccccc2)OC1. The maximum atomic E-state index is 5.79. The van der Waals surface area contributed by atoms with Gasteiger partial charge in [-0.1, -0.05) is 50.3 Å². The van der Waals surface area contributed by atoms with Crippen LogP contribution < -0.4 is 0 Å². The molecule has 0 aliphatic carbocycles. The van der Waals surface area contributed by atoms with E-state index in [1.54, 1.807) is 0 Å². The lowest BCUT2D eigenvalue weighted by Crippen LogP contribution is -2.40. The molecule has 1 aliphatic rings. The Morgan fingerprint density at radius 1 is 1.11 bits per heavy atom. The summed E-state index contributed by atoms with van der Waals surface area (Å²) in [5, 5.41) is 0. The minimum Gasteiger partial charge on any atom is -0.348 e. The quantitative estimate of drug-likeness (QED) is 0.802. The zero-order valence-electron chi connectivity index (χ0n) is 11.3. The second kappa shape index (κ2) is 6.17. The molecule has 0 unspecified atom stereocenters. The molecule has 2 heteroatoms. The number of hydrogen-bond acceptors (Lipinski definition) is 2. The Hall–Kier alpha value is -1.12. The highest BCUT2D eigenvalue weighted by atomic mass is 16.7. The number of hydrogen-bond donors (Lipinski definition) is 0. The summed E-state index contributed by atoms with van der Waals surface area (Å²) in [7, 11) is 0. The summed E-state index contributed by atoms with van der Waals surface area (Å²) < 4.78 is 11.6. The van der Waals surface area contributed by atoms with Crippen LogP contribution >= 0.6 is 0 Å². The van der Waals surface area contributed by atoms with Crippen molar-refractivity contribution in [3.05, 3.63) is 42.0 Å². The van der Waals surface area contributed by atoms with E-state index < -0.39 is 0 Å². The van der Waals surface area contributed by atoms with Crippen LogP contribution in [0.4, 0.5) is 0 Å². The molecule has 1 aromatic carbocycles. The minimum atomic E-state index is -0.198. The third kappa shape index (κ3) is 3.21. The summed E-state index contributed by atoms with van der Waals surface area (Å²) in [5.41, 5.74) is 1.39. The van der Waals surface area contributed by atoms with E-state index in [2.05, 4.69) is 32.1 Å². The van der Waals surface area contributed by atoms with Gasteiger partial charge in [-0.3, -0.25) is 0 Å². The molecule has 98 valence electrons. The van der Waals surface area contributed by atoms with Crippen LogP contribution in [-0.2, 0) is 9.47 Å². The summed E-state index contributed by atoms with van der Waals surface area (Å²) >= 11 is 0. The van der Waals surface area contributed by atoms with Crippen molar-refractivity contribution in [1.82, 2.24) is 0 Å². The number of ether oxygens (including phenoxy) is 2. The standard InChI is InChI=1S/C16H22O2/c1-3-16(4-2)12-17-15(18-13-16)11-10-14-8-6-5-7-9-14/h5-11,15H,3-4,12-13H2,1-2H3/b11-10+. The second-order valence-electron chi connectivity index (χ2n) is 4.97. The van der Waals surface area contributed by atoms with Gasteiger partial charge in [-0.15, -0.1) is 0 Å². The maximum Gasteiger partial charge on any atom is 0.177 e. The van der Waals surface area contributed by atoms with Crippen molar-refractivity contribution in [2.24, 2.45) is 5.41 Å². The van der Waals surface area contributed by atoms with Crippen LogP contribution in [0.2, 0.25) is 0 Å². The molecule has 0 radical (unpaired) electrons. The monoisotopic (exact) mass is 246 g/mol. The van der Waals surface area contributed by atoms with Crippen molar-refractivity contribution in [1.29, 1.82) is 0 Å². The molecule has 2 rings (SSSR count). The van der Waals surface area contributed by atoms with Gasteiger partial charge in [-0.05, 0) is 24.5 Å². The average molecular weight is 246 g/mol. The Morgan fingerprint density at radius 2 is 1.72 bits per heavy atom. The lowest BCUT2D eigenvalue weighted by Gasteiger charge is -2.38. The lowest BCUT2D eigenvalue weighted by atomic mass is 9.84. The van der Waals surface area contributed by atoms with Crippen molar-refractivity contribution < 1.29 is 9.47 Å². The van der Waals surface area contributed by atoms with Crippen LogP contribution in [-0.4, -0.2) is 19.5 Å². The summed E-state index contributed by atoms with van der Waals surface area (Å²) in [5.74, 6) is 0. The van der Waals surface area contributed by atoms with E-state index in [-0.39, 0.29) is 11.7 Å². The highest BCUT2D eigenvalue weighted by molar-refractivity contribution is 5.48. The van der Waals surface area contributed by atoms with Gasteiger partial charge in [0.05, 0.1) is 13.2 Å². The maximum absolute atomic E-state index is 5.79. The molecule has 1 saturated heterocycles. The molecule has 2 nitrogen and oxygen atoms in total. The van der Waals surface area contributed by atoms with Crippen molar-refractivity contribution in [2.75, 3.05) is 13.2 Å². The average Bonchev–Trinajstić information content (AvgIpc) is 2.47. The van der Waals surface area contributed by atoms with Gasteiger partial charge in [-0.25, -0.2) is 0 Å². The molecular formula is C16H22O2.